The number of hydrogen-bond donors (Lipinski definition) is 1. The van der Waals surface area contributed by atoms with Gasteiger partial charge in [-0.25, -0.2) is 16.8 Å². The Labute approximate surface area is 237 Å². The maximum absolute atomic E-state index is 12.5. The summed E-state index contributed by atoms with van der Waals surface area (Å²) >= 11 is 0. The molecule has 1 N–H and O–H groups in total. The Morgan fingerprint density at radius 1 is 0.900 bits per heavy atom. The van der Waals surface area contributed by atoms with Crippen LogP contribution in [0.25, 0.3) is 33.2 Å². The van der Waals surface area contributed by atoms with Crippen molar-refractivity contribution in [2.75, 3.05) is 12.5 Å². The fourth-order valence-electron chi connectivity index (χ4n) is 5.68. The van der Waals surface area contributed by atoms with Gasteiger partial charge in [0.25, 0.3) is 0 Å². The number of aliphatic hydroxyl groups is 1. The number of nitrogens with zero attached hydrogens (tertiary/aromatic N) is 1. The summed E-state index contributed by atoms with van der Waals surface area (Å²) in [5.41, 5.74) is 4.59. The Morgan fingerprint density at radius 3 is 2.17 bits per heavy atom. The highest BCUT2D eigenvalue weighted by atomic mass is 32.2. The van der Waals surface area contributed by atoms with Gasteiger partial charge in [-0.1, -0.05) is 30.3 Å². The van der Waals surface area contributed by atoms with Gasteiger partial charge in [-0.2, -0.15) is 0 Å². The number of hydrogen-bond acceptors (Lipinski definition) is 6. The van der Waals surface area contributed by atoms with Crippen LogP contribution in [0.2, 0.25) is 0 Å². The molecule has 1 heterocycles. The van der Waals surface area contributed by atoms with E-state index in [0.717, 1.165) is 57.1 Å². The molecular weight excluding hydrogens is 542 g/mol. The zero-order chi connectivity index (χ0) is 29.1. The Kier molecular flexibility index (Phi) is 6.96. The largest absolute Gasteiger partial charge is 0.390 e. The van der Waals surface area contributed by atoms with Crippen molar-refractivity contribution in [3.63, 3.8) is 0 Å². The second-order valence-corrected chi connectivity index (χ2v) is 16.2. The summed E-state index contributed by atoms with van der Waals surface area (Å²) in [6.45, 7) is 5.34. The normalized spacial score (nSPS) is 16.1. The summed E-state index contributed by atoms with van der Waals surface area (Å²) in [5.74, 6) is 0. The van der Waals surface area contributed by atoms with Crippen LogP contribution in [-0.4, -0.2) is 50.3 Å². The first-order valence-electron chi connectivity index (χ1n) is 13.3. The highest BCUT2D eigenvalue weighted by molar-refractivity contribution is 7.91. The minimum absolute atomic E-state index is 0.229. The molecule has 1 aliphatic carbocycles. The molecule has 1 aliphatic rings. The van der Waals surface area contributed by atoms with Crippen LogP contribution in [0.4, 0.5) is 0 Å². The van der Waals surface area contributed by atoms with E-state index in [0.29, 0.717) is 6.42 Å². The minimum Gasteiger partial charge on any atom is -0.390 e. The smallest absolute Gasteiger partial charge is 0.175 e. The molecule has 0 saturated heterocycles. The first-order chi connectivity index (χ1) is 18.6. The van der Waals surface area contributed by atoms with Crippen LogP contribution in [0.1, 0.15) is 44.7 Å². The SMILES string of the molecule is CC(Cc1cc(-c2cccc(-c3cc(S(C)(=O)=O)ccc3C3(C(C)(C)O)CC3)c2)c2ncccc2c1)S(C)(=O)=O. The van der Waals surface area contributed by atoms with Gasteiger partial charge < -0.3 is 5.11 Å². The quantitative estimate of drug-likeness (QED) is 0.286. The highest BCUT2D eigenvalue weighted by Crippen LogP contribution is 2.58. The van der Waals surface area contributed by atoms with Crippen LogP contribution in [0, 0.1) is 0 Å². The third-order valence-electron chi connectivity index (χ3n) is 8.36. The molecule has 3 aromatic carbocycles. The zero-order valence-corrected chi connectivity index (χ0v) is 25.1. The third kappa shape index (κ3) is 5.32. The van der Waals surface area contributed by atoms with Gasteiger partial charge in [-0.15, -0.1) is 0 Å². The van der Waals surface area contributed by atoms with Gasteiger partial charge in [0, 0.05) is 35.1 Å². The van der Waals surface area contributed by atoms with Crippen LogP contribution in [0.5, 0.6) is 0 Å². The standard InChI is InChI=1S/C32H35NO5S2/c1-21(39(4,35)36)16-22-17-25-10-7-15-33-30(25)28(18-22)24-9-6-8-23(19-24)27-20-26(40(5,37)38)11-12-29(27)32(13-14-32)31(2,3)34/h6-12,15,17-21,34H,13-14,16H2,1-5H3. The molecule has 6 nitrogen and oxygen atoms in total. The maximum Gasteiger partial charge on any atom is 0.175 e. The lowest BCUT2D eigenvalue weighted by Crippen LogP contribution is -2.36. The van der Waals surface area contributed by atoms with E-state index in [1.54, 1.807) is 25.3 Å². The molecule has 1 unspecified atom stereocenters. The van der Waals surface area contributed by atoms with Crippen LogP contribution in [-0.2, 0) is 31.5 Å². The van der Waals surface area contributed by atoms with Crippen LogP contribution < -0.4 is 0 Å². The molecule has 1 aromatic heterocycles. The van der Waals surface area contributed by atoms with E-state index in [-0.39, 0.29) is 4.90 Å². The fourth-order valence-corrected chi connectivity index (χ4v) is 6.82. The van der Waals surface area contributed by atoms with Crippen LogP contribution in [0.15, 0.2) is 77.8 Å². The van der Waals surface area contributed by atoms with E-state index in [1.807, 2.05) is 68.4 Å². The molecule has 1 saturated carbocycles. The maximum atomic E-state index is 12.5. The van der Waals surface area contributed by atoms with Gasteiger partial charge in [0.15, 0.2) is 9.84 Å². The van der Waals surface area contributed by atoms with E-state index in [2.05, 4.69) is 4.98 Å². The lowest BCUT2D eigenvalue weighted by atomic mass is 9.77. The van der Waals surface area contributed by atoms with E-state index in [4.69, 9.17) is 0 Å². The summed E-state index contributed by atoms with van der Waals surface area (Å²) in [6, 6.07) is 20.9. The van der Waals surface area contributed by atoms with Crippen molar-refractivity contribution < 1.29 is 21.9 Å². The molecule has 210 valence electrons. The molecule has 0 amide bonds. The number of rotatable bonds is 8. The molecule has 4 aromatic rings. The molecule has 1 fully saturated rings. The zero-order valence-electron chi connectivity index (χ0n) is 23.5. The van der Waals surface area contributed by atoms with Crippen molar-refractivity contribution in [1.29, 1.82) is 0 Å². The first-order valence-corrected chi connectivity index (χ1v) is 17.2. The molecule has 0 radical (unpaired) electrons. The van der Waals surface area contributed by atoms with Crippen molar-refractivity contribution in [1.82, 2.24) is 4.98 Å². The van der Waals surface area contributed by atoms with Gasteiger partial charge in [0.2, 0.25) is 0 Å². The van der Waals surface area contributed by atoms with Gasteiger partial charge in [-0.05, 0) is 104 Å². The lowest BCUT2D eigenvalue weighted by molar-refractivity contribution is 0.0383. The first kappa shape index (κ1) is 28.5. The topological polar surface area (TPSA) is 101 Å². The Bertz CT molecular complexity index is 1830. The number of sulfone groups is 2. The monoisotopic (exact) mass is 577 g/mol. The van der Waals surface area contributed by atoms with E-state index in [1.165, 1.54) is 12.5 Å². The summed E-state index contributed by atoms with van der Waals surface area (Å²) in [6.07, 6.45) is 6.21. The van der Waals surface area contributed by atoms with Crippen LogP contribution in [0.3, 0.4) is 0 Å². The number of aromatic nitrogens is 1. The average molecular weight is 578 g/mol. The van der Waals surface area contributed by atoms with Gasteiger partial charge in [-0.3, -0.25) is 4.98 Å². The number of fused-ring (bicyclic) bond motifs is 1. The Balaban J connectivity index is 1.70. The summed E-state index contributed by atoms with van der Waals surface area (Å²) in [5, 5.41) is 11.5. The van der Waals surface area contributed by atoms with Crippen LogP contribution >= 0.6 is 0 Å². The molecule has 8 heteroatoms. The molecular formula is C32H35NO5S2. The van der Waals surface area contributed by atoms with E-state index >= 15 is 0 Å². The van der Waals surface area contributed by atoms with Crippen molar-refractivity contribution in [2.24, 2.45) is 0 Å². The van der Waals surface area contributed by atoms with Gasteiger partial charge in [0.1, 0.15) is 9.84 Å². The molecule has 0 aliphatic heterocycles. The third-order valence-corrected chi connectivity index (χ3v) is 11.1. The molecule has 0 bridgehead atoms. The minimum atomic E-state index is -3.45. The van der Waals surface area contributed by atoms with Gasteiger partial charge >= 0.3 is 0 Å². The van der Waals surface area contributed by atoms with E-state index in [9.17, 15) is 21.9 Å². The highest BCUT2D eigenvalue weighted by Gasteiger charge is 2.55. The summed E-state index contributed by atoms with van der Waals surface area (Å²) in [7, 11) is -6.65. The Hall–Kier alpha value is -3.07. The molecule has 0 spiro atoms. The van der Waals surface area contributed by atoms with Crippen molar-refractivity contribution in [3.05, 3.63) is 84.1 Å². The van der Waals surface area contributed by atoms with Crippen molar-refractivity contribution in [2.45, 2.75) is 61.2 Å². The lowest BCUT2D eigenvalue weighted by Gasteiger charge is -2.32. The molecule has 1 atom stereocenters. The summed E-state index contributed by atoms with van der Waals surface area (Å²) in [4.78, 5) is 4.87. The van der Waals surface area contributed by atoms with Crippen molar-refractivity contribution in [3.8, 4) is 22.3 Å². The Morgan fingerprint density at radius 2 is 1.57 bits per heavy atom. The van der Waals surface area contributed by atoms with E-state index < -0.39 is 35.9 Å². The van der Waals surface area contributed by atoms with Gasteiger partial charge in [0.05, 0.1) is 21.3 Å². The second kappa shape index (κ2) is 9.79. The number of pyridine rings is 1. The summed E-state index contributed by atoms with van der Waals surface area (Å²) < 4.78 is 49.4. The second-order valence-electron chi connectivity index (χ2n) is 11.8. The predicted octanol–water partition coefficient (Wildman–Crippen LogP) is 5.75. The predicted molar refractivity (Wildman–Crippen MR) is 161 cm³/mol. The molecule has 40 heavy (non-hydrogen) atoms. The average Bonchev–Trinajstić information content (AvgIpc) is 3.69. The number of benzene rings is 3. The fraction of sp³-hybridized carbons (Fsp3) is 0.344. The molecule has 5 rings (SSSR count). The van der Waals surface area contributed by atoms with Crippen molar-refractivity contribution >= 4 is 30.6 Å².